The number of piperidine rings is 1. The van der Waals surface area contributed by atoms with E-state index in [1.165, 1.54) is 6.33 Å². The molecular weight excluding hydrogens is 532 g/mol. The molecule has 0 radical (unpaired) electrons. The SMILES string of the molecule is CCNC(=NCc1cccc(-c2ncn[nH]2)c1)NC1CCCN(c2cc(C)ccc2F)C1.I. The standard InChI is InChI=1S/C24H30FN7.HI/c1-3-26-24(27-14-18-6-4-7-19(13-18)23-28-16-29-31-23)30-20-8-5-11-32(15-20)22-12-17(2)9-10-21(22)25;/h4,6-7,9-10,12-13,16,20H,3,5,8,11,14-15H2,1-2H3,(H2,26,27,30)(H,28,29,31);1H. The van der Waals surface area contributed by atoms with E-state index in [1.807, 2.05) is 31.2 Å². The third-order valence-electron chi connectivity index (χ3n) is 5.58. The zero-order chi connectivity index (χ0) is 22.3. The van der Waals surface area contributed by atoms with Gasteiger partial charge in [0.25, 0.3) is 0 Å². The number of guanidine groups is 1. The number of aliphatic imine (C=N–C) groups is 1. The second-order valence-electron chi connectivity index (χ2n) is 8.11. The molecule has 0 aliphatic carbocycles. The van der Waals surface area contributed by atoms with E-state index in [2.05, 4.69) is 49.8 Å². The van der Waals surface area contributed by atoms with Gasteiger partial charge in [0.05, 0.1) is 12.2 Å². The van der Waals surface area contributed by atoms with Crippen molar-refractivity contribution >= 4 is 35.6 Å². The molecule has 176 valence electrons. The van der Waals surface area contributed by atoms with Crippen molar-refractivity contribution in [1.29, 1.82) is 0 Å². The molecule has 9 heteroatoms. The third kappa shape index (κ3) is 6.66. The molecular formula is C24H31FIN7. The number of hydrogen-bond acceptors (Lipinski definition) is 4. The van der Waals surface area contributed by atoms with Crippen molar-refractivity contribution in [3.8, 4) is 11.4 Å². The van der Waals surface area contributed by atoms with Crippen LogP contribution in [-0.4, -0.2) is 46.8 Å². The van der Waals surface area contributed by atoms with Gasteiger partial charge in [-0.15, -0.1) is 24.0 Å². The minimum absolute atomic E-state index is 0. The summed E-state index contributed by atoms with van der Waals surface area (Å²) < 4.78 is 14.4. The molecule has 7 nitrogen and oxygen atoms in total. The summed E-state index contributed by atoms with van der Waals surface area (Å²) in [5, 5.41) is 13.7. The summed E-state index contributed by atoms with van der Waals surface area (Å²) in [5.41, 5.74) is 3.82. The Morgan fingerprint density at radius 1 is 1.27 bits per heavy atom. The summed E-state index contributed by atoms with van der Waals surface area (Å²) in [4.78, 5) is 11.1. The van der Waals surface area contributed by atoms with Crippen molar-refractivity contribution in [3.63, 3.8) is 0 Å². The summed E-state index contributed by atoms with van der Waals surface area (Å²) in [6.07, 6.45) is 3.53. The normalized spacial score (nSPS) is 16.3. The monoisotopic (exact) mass is 563 g/mol. The minimum Gasteiger partial charge on any atom is -0.367 e. The van der Waals surface area contributed by atoms with E-state index in [1.54, 1.807) is 6.07 Å². The van der Waals surface area contributed by atoms with Crippen LogP contribution < -0.4 is 15.5 Å². The maximum absolute atomic E-state index is 14.4. The minimum atomic E-state index is -0.163. The highest BCUT2D eigenvalue weighted by molar-refractivity contribution is 14.0. The van der Waals surface area contributed by atoms with Crippen LogP contribution in [0.25, 0.3) is 11.4 Å². The van der Waals surface area contributed by atoms with Gasteiger partial charge in [0, 0.05) is 31.2 Å². The van der Waals surface area contributed by atoms with E-state index in [-0.39, 0.29) is 35.8 Å². The number of nitrogens with zero attached hydrogens (tertiary/aromatic N) is 4. The summed E-state index contributed by atoms with van der Waals surface area (Å²) in [7, 11) is 0. The lowest BCUT2D eigenvalue weighted by molar-refractivity contribution is 0.462. The average molecular weight is 563 g/mol. The zero-order valence-electron chi connectivity index (χ0n) is 19.0. The number of hydrogen-bond donors (Lipinski definition) is 3. The molecule has 0 saturated carbocycles. The first-order valence-electron chi connectivity index (χ1n) is 11.1. The highest BCUT2D eigenvalue weighted by Crippen LogP contribution is 2.24. The van der Waals surface area contributed by atoms with E-state index < -0.39 is 0 Å². The van der Waals surface area contributed by atoms with Gasteiger partial charge < -0.3 is 15.5 Å². The molecule has 33 heavy (non-hydrogen) atoms. The molecule has 3 aromatic rings. The molecule has 4 rings (SSSR count). The lowest BCUT2D eigenvalue weighted by Crippen LogP contribution is -2.51. The van der Waals surface area contributed by atoms with Crippen LogP contribution in [0.5, 0.6) is 0 Å². The Balaban J connectivity index is 0.00000306. The highest BCUT2D eigenvalue weighted by Gasteiger charge is 2.23. The smallest absolute Gasteiger partial charge is 0.191 e. The second kappa shape index (κ2) is 12.0. The fraction of sp³-hybridized carbons (Fsp3) is 0.375. The molecule has 1 fully saturated rings. The third-order valence-corrected chi connectivity index (χ3v) is 5.58. The molecule has 1 aliphatic heterocycles. The number of rotatable bonds is 6. The number of nitrogens with one attached hydrogen (secondary N) is 3. The predicted octanol–water partition coefficient (Wildman–Crippen LogP) is 4.26. The van der Waals surface area contributed by atoms with E-state index in [9.17, 15) is 4.39 Å². The van der Waals surface area contributed by atoms with E-state index in [4.69, 9.17) is 4.99 Å². The van der Waals surface area contributed by atoms with Gasteiger partial charge >= 0.3 is 0 Å². The maximum atomic E-state index is 14.4. The summed E-state index contributed by atoms with van der Waals surface area (Å²) in [6.45, 7) is 6.96. The molecule has 1 aliphatic rings. The van der Waals surface area contributed by atoms with E-state index >= 15 is 0 Å². The average Bonchev–Trinajstić information content (AvgIpc) is 3.35. The molecule has 0 spiro atoms. The maximum Gasteiger partial charge on any atom is 0.191 e. The van der Waals surface area contributed by atoms with Gasteiger partial charge in [-0.25, -0.2) is 14.4 Å². The Bertz CT molecular complexity index is 1050. The largest absolute Gasteiger partial charge is 0.367 e. The van der Waals surface area contributed by atoms with Gasteiger partial charge in [-0.2, -0.15) is 5.10 Å². The van der Waals surface area contributed by atoms with Crippen molar-refractivity contribution in [1.82, 2.24) is 25.8 Å². The van der Waals surface area contributed by atoms with E-state index in [0.717, 1.165) is 61.0 Å². The van der Waals surface area contributed by atoms with Gasteiger partial charge in [0.1, 0.15) is 12.1 Å². The molecule has 1 aromatic heterocycles. The van der Waals surface area contributed by atoms with Gasteiger partial charge in [-0.05, 0) is 56.0 Å². The van der Waals surface area contributed by atoms with Crippen LogP contribution in [0, 0.1) is 12.7 Å². The number of anilines is 1. The zero-order valence-corrected chi connectivity index (χ0v) is 21.3. The highest BCUT2D eigenvalue weighted by atomic mass is 127. The first-order valence-corrected chi connectivity index (χ1v) is 11.1. The second-order valence-corrected chi connectivity index (χ2v) is 8.11. The van der Waals surface area contributed by atoms with Crippen LogP contribution in [0.4, 0.5) is 10.1 Å². The Morgan fingerprint density at radius 3 is 2.94 bits per heavy atom. The van der Waals surface area contributed by atoms with Gasteiger partial charge in [0.15, 0.2) is 11.8 Å². The molecule has 0 bridgehead atoms. The van der Waals surface area contributed by atoms with Crippen molar-refractivity contribution < 1.29 is 4.39 Å². The molecule has 3 N–H and O–H groups in total. The first-order chi connectivity index (χ1) is 15.6. The van der Waals surface area contributed by atoms with Crippen LogP contribution in [0.1, 0.15) is 30.9 Å². The fourth-order valence-corrected chi connectivity index (χ4v) is 4.02. The molecule has 1 saturated heterocycles. The summed E-state index contributed by atoms with van der Waals surface area (Å²) >= 11 is 0. The quantitative estimate of drug-likeness (QED) is 0.237. The number of aryl methyl sites for hydroxylation is 1. The van der Waals surface area contributed by atoms with Crippen LogP contribution in [0.2, 0.25) is 0 Å². The molecule has 1 atom stereocenters. The summed E-state index contributed by atoms with van der Waals surface area (Å²) in [6, 6.07) is 13.6. The van der Waals surface area contributed by atoms with Crippen molar-refractivity contribution in [2.45, 2.75) is 39.3 Å². The number of H-pyrrole nitrogens is 1. The molecule has 1 unspecified atom stereocenters. The Hall–Kier alpha value is -2.69. The van der Waals surface area contributed by atoms with Crippen LogP contribution in [0.15, 0.2) is 53.8 Å². The topological polar surface area (TPSA) is 81.2 Å². The number of aromatic nitrogens is 3. The predicted molar refractivity (Wildman–Crippen MR) is 142 cm³/mol. The van der Waals surface area contributed by atoms with Gasteiger partial charge in [0.2, 0.25) is 0 Å². The Labute approximate surface area is 211 Å². The fourth-order valence-electron chi connectivity index (χ4n) is 4.02. The van der Waals surface area contributed by atoms with Crippen LogP contribution in [-0.2, 0) is 6.54 Å². The lowest BCUT2D eigenvalue weighted by atomic mass is 10.0. The van der Waals surface area contributed by atoms with Gasteiger partial charge in [-0.3, -0.25) is 5.10 Å². The van der Waals surface area contributed by atoms with Crippen molar-refractivity contribution in [2.24, 2.45) is 4.99 Å². The lowest BCUT2D eigenvalue weighted by Gasteiger charge is -2.35. The van der Waals surface area contributed by atoms with Crippen molar-refractivity contribution in [2.75, 3.05) is 24.5 Å². The molecule has 2 heterocycles. The van der Waals surface area contributed by atoms with Crippen LogP contribution in [0.3, 0.4) is 0 Å². The molecule has 2 aromatic carbocycles. The number of benzene rings is 2. The number of halogens is 2. The summed E-state index contributed by atoms with van der Waals surface area (Å²) in [5.74, 6) is 1.35. The first kappa shape index (κ1) is 24.9. The molecule has 0 amide bonds. The Kier molecular flexibility index (Phi) is 9.04. The number of aromatic amines is 1. The Morgan fingerprint density at radius 2 is 2.15 bits per heavy atom. The van der Waals surface area contributed by atoms with Crippen LogP contribution >= 0.6 is 24.0 Å². The van der Waals surface area contributed by atoms with Gasteiger partial charge in [-0.1, -0.05) is 24.3 Å². The van der Waals surface area contributed by atoms with Crippen molar-refractivity contribution in [3.05, 3.63) is 65.7 Å². The van der Waals surface area contributed by atoms with E-state index in [0.29, 0.717) is 12.2 Å².